The largest absolute Gasteiger partial charge is 0.388 e. The molecule has 7 heteroatoms. The minimum Gasteiger partial charge on any atom is -0.388 e. The van der Waals surface area contributed by atoms with Gasteiger partial charge < -0.3 is 11.1 Å². The normalized spacial score (nSPS) is 10.3. The first-order valence-electron chi connectivity index (χ1n) is 5.82. The number of nitrogens with two attached hydrogens (primary N) is 1. The summed E-state index contributed by atoms with van der Waals surface area (Å²) in [7, 11) is 1.65. The Morgan fingerprint density at radius 2 is 2.10 bits per heavy atom. The number of nitrogen functional groups attached to an aromatic ring is 1. The van der Waals surface area contributed by atoms with Gasteiger partial charge in [-0.15, -0.1) is 0 Å². The third kappa shape index (κ3) is 2.25. The number of rotatable bonds is 3. The lowest BCUT2D eigenvalue weighted by atomic mass is 9.98. The molecule has 0 radical (unpaired) electrons. The quantitative estimate of drug-likeness (QED) is 0.664. The van der Waals surface area contributed by atoms with Gasteiger partial charge in [0.25, 0.3) is 0 Å². The molecule has 0 spiro atoms. The Kier molecular flexibility index (Phi) is 3.51. The van der Waals surface area contributed by atoms with Crippen LogP contribution in [0.4, 0.5) is 21.6 Å². The maximum Gasteiger partial charge on any atom is 0.318 e. The van der Waals surface area contributed by atoms with Gasteiger partial charge in [-0.3, -0.25) is 10.1 Å². The number of hydrogen-bond acceptors (Lipinski definition) is 5. The molecule has 2 aromatic rings. The first kappa shape index (κ1) is 13.7. The molecule has 0 aliphatic heterocycles. The van der Waals surface area contributed by atoms with Crippen molar-refractivity contribution in [2.24, 2.45) is 0 Å². The third-order valence-corrected chi connectivity index (χ3v) is 3.07. The van der Waals surface area contributed by atoms with Crippen molar-refractivity contribution in [2.45, 2.75) is 6.92 Å². The molecule has 0 amide bonds. The molecule has 0 saturated carbocycles. The molecule has 0 fully saturated rings. The Morgan fingerprint density at radius 1 is 1.40 bits per heavy atom. The van der Waals surface area contributed by atoms with Crippen LogP contribution in [-0.4, -0.2) is 17.0 Å². The summed E-state index contributed by atoms with van der Waals surface area (Å²) in [5.41, 5.74) is 7.15. The lowest BCUT2D eigenvalue weighted by Crippen LogP contribution is -2.02. The van der Waals surface area contributed by atoms with Crippen molar-refractivity contribution in [2.75, 3.05) is 18.1 Å². The molecule has 0 saturated heterocycles. The highest BCUT2D eigenvalue weighted by molar-refractivity contribution is 5.83. The number of hydrogen-bond donors (Lipinski definition) is 2. The van der Waals surface area contributed by atoms with E-state index in [0.717, 1.165) is 0 Å². The zero-order chi connectivity index (χ0) is 14.9. The molecule has 3 N–H and O–H groups in total. The smallest absolute Gasteiger partial charge is 0.318 e. The molecule has 20 heavy (non-hydrogen) atoms. The van der Waals surface area contributed by atoms with Crippen LogP contribution in [0.15, 0.2) is 24.4 Å². The van der Waals surface area contributed by atoms with Crippen LogP contribution >= 0.6 is 0 Å². The average Bonchev–Trinajstić information content (AvgIpc) is 2.40. The number of nitro groups is 1. The van der Waals surface area contributed by atoms with Crippen LogP contribution in [0.25, 0.3) is 11.1 Å². The fourth-order valence-electron chi connectivity index (χ4n) is 2.10. The molecule has 1 aromatic carbocycles. The van der Waals surface area contributed by atoms with Gasteiger partial charge in [0.2, 0.25) is 5.82 Å². The number of halogens is 1. The monoisotopic (exact) mass is 276 g/mol. The number of nitrogens with zero attached hydrogens (tertiary/aromatic N) is 2. The van der Waals surface area contributed by atoms with Crippen LogP contribution in [0, 0.1) is 22.9 Å². The van der Waals surface area contributed by atoms with Gasteiger partial charge in [-0.05, 0) is 36.2 Å². The van der Waals surface area contributed by atoms with E-state index in [0.29, 0.717) is 16.8 Å². The number of anilines is 2. The topological polar surface area (TPSA) is 94.1 Å². The van der Waals surface area contributed by atoms with Crippen molar-refractivity contribution < 1.29 is 9.31 Å². The van der Waals surface area contributed by atoms with E-state index in [9.17, 15) is 14.5 Å². The van der Waals surface area contributed by atoms with Crippen LogP contribution < -0.4 is 11.1 Å². The van der Waals surface area contributed by atoms with Gasteiger partial charge in [0.1, 0.15) is 5.82 Å². The summed E-state index contributed by atoms with van der Waals surface area (Å²) in [5, 5.41) is 14.0. The summed E-state index contributed by atoms with van der Waals surface area (Å²) in [5.74, 6) is -0.679. The van der Waals surface area contributed by atoms with E-state index < -0.39 is 10.7 Å². The predicted molar refractivity (Wildman–Crippen MR) is 75.0 cm³/mol. The zero-order valence-corrected chi connectivity index (χ0v) is 11.0. The van der Waals surface area contributed by atoms with Crippen molar-refractivity contribution in [1.82, 2.24) is 4.98 Å². The summed E-state index contributed by atoms with van der Waals surface area (Å²) in [6, 6.07) is 4.03. The number of nitrogens with one attached hydrogen (secondary N) is 1. The molecule has 0 unspecified atom stereocenters. The van der Waals surface area contributed by atoms with Gasteiger partial charge in [-0.1, -0.05) is 0 Å². The zero-order valence-electron chi connectivity index (χ0n) is 11.0. The lowest BCUT2D eigenvalue weighted by Gasteiger charge is -2.12. The van der Waals surface area contributed by atoms with Crippen LogP contribution in [0.3, 0.4) is 0 Å². The first-order valence-corrected chi connectivity index (χ1v) is 5.82. The van der Waals surface area contributed by atoms with E-state index in [1.165, 1.54) is 24.4 Å². The van der Waals surface area contributed by atoms with E-state index in [-0.39, 0.29) is 17.1 Å². The average molecular weight is 276 g/mol. The van der Waals surface area contributed by atoms with Gasteiger partial charge >= 0.3 is 5.69 Å². The van der Waals surface area contributed by atoms with E-state index in [4.69, 9.17) is 5.73 Å². The number of aromatic nitrogens is 1. The van der Waals surface area contributed by atoms with Gasteiger partial charge in [0.05, 0.1) is 10.5 Å². The van der Waals surface area contributed by atoms with E-state index >= 15 is 0 Å². The number of pyridine rings is 1. The highest BCUT2D eigenvalue weighted by Crippen LogP contribution is 2.37. The summed E-state index contributed by atoms with van der Waals surface area (Å²) < 4.78 is 13.7. The summed E-state index contributed by atoms with van der Waals surface area (Å²) in [6.07, 6.45) is 1.36. The first-order chi connectivity index (χ1) is 9.45. The van der Waals surface area contributed by atoms with Gasteiger partial charge in [0, 0.05) is 18.9 Å². The Bertz CT molecular complexity index is 688. The van der Waals surface area contributed by atoms with E-state index in [1.807, 2.05) is 0 Å². The molecule has 0 aliphatic rings. The fourth-order valence-corrected chi connectivity index (χ4v) is 2.10. The van der Waals surface area contributed by atoms with Crippen molar-refractivity contribution in [3.63, 3.8) is 0 Å². The second-order valence-corrected chi connectivity index (χ2v) is 4.23. The molecule has 0 bridgehead atoms. The molecule has 1 heterocycles. The predicted octanol–water partition coefficient (Wildman–Crippen LogP) is 2.73. The lowest BCUT2D eigenvalue weighted by molar-refractivity contribution is -0.383. The fraction of sp³-hybridized carbons (Fsp3) is 0.154. The standard InChI is InChI=1S/C13H13FN4O2/c1-7-10(5-8(14)6-11(7)16-2)9-3-4-17-13(15)12(9)18(19)20/h3-6,16H,1-2H3,(H2,15,17). The van der Waals surface area contributed by atoms with Crippen molar-refractivity contribution in [3.8, 4) is 11.1 Å². The molecule has 1 aromatic heterocycles. The Morgan fingerprint density at radius 3 is 2.70 bits per heavy atom. The molecular weight excluding hydrogens is 263 g/mol. The molecule has 0 aliphatic carbocycles. The maximum absolute atomic E-state index is 13.7. The third-order valence-electron chi connectivity index (χ3n) is 3.07. The SMILES string of the molecule is CNc1cc(F)cc(-c2ccnc(N)c2[N+](=O)[O-])c1C. The van der Waals surface area contributed by atoms with Crippen molar-refractivity contribution >= 4 is 17.2 Å². The minimum atomic E-state index is -0.610. The molecule has 6 nitrogen and oxygen atoms in total. The second kappa shape index (κ2) is 5.12. The van der Waals surface area contributed by atoms with E-state index in [1.54, 1.807) is 14.0 Å². The van der Waals surface area contributed by atoms with Crippen LogP contribution in [0.5, 0.6) is 0 Å². The van der Waals surface area contributed by atoms with Gasteiger partial charge in [0.15, 0.2) is 0 Å². The number of benzene rings is 1. The summed E-state index contributed by atoms with van der Waals surface area (Å²) in [4.78, 5) is 14.2. The maximum atomic E-state index is 13.7. The Hall–Kier alpha value is -2.70. The summed E-state index contributed by atoms with van der Waals surface area (Å²) in [6.45, 7) is 1.75. The molecule has 104 valence electrons. The van der Waals surface area contributed by atoms with Crippen LogP contribution in [0.1, 0.15) is 5.56 Å². The van der Waals surface area contributed by atoms with Crippen molar-refractivity contribution in [3.05, 3.63) is 45.9 Å². The highest BCUT2D eigenvalue weighted by Gasteiger charge is 2.22. The van der Waals surface area contributed by atoms with Crippen LogP contribution in [0.2, 0.25) is 0 Å². The highest BCUT2D eigenvalue weighted by atomic mass is 19.1. The molecular formula is C13H13FN4O2. The summed E-state index contributed by atoms with van der Waals surface area (Å²) >= 11 is 0. The minimum absolute atomic E-state index is 0.192. The van der Waals surface area contributed by atoms with Gasteiger partial charge in [-0.25, -0.2) is 9.37 Å². The second-order valence-electron chi connectivity index (χ2n) is 4.23. The Balaban J connectivity index is 2.78. The van der Waals surface area contributed by atoms with E-state index in [2.05, 4.69) is 10.3 Å². The van der Waals surface area contributed by atoms with Gasteiger partial charge in [-0.2, -0.15) is 0 Å². The Labute approximate surface area is 114 Å². The molecule has 2 rings (SSSR count). The van der Waals surface area contributed by atoms with Crippen LogP contribution in [-0.2, 0) is 0 Å². The van der Waals surface area contributed by atoms with Crippen molar-refractivity contribution in [1.29, 1.82) is 0 Å². The molecule has 0 atom stereocenters.